The molecule has 0 aliphatic carbocycles. The first-order valence-corrected chi connectivity index (χ1v) is 11.0. The molecule has 1 amide bonds. The number of amides is 1. The molecule has 1 rings (SSSR count). The van der Waals surface area contributed by atoms with Crippen LogP contribution in [0.25, 0.3) is 0 Å². The van der Waals surface area contributed by atoms with Crippen LogP contribution in [0.4, 0.5) is 0 Å². The zero-order chi connectivity index (χ0) is 22.7. The van der Waals surface area contributed by atoms with Gasteiger partial charge in [0.15, 0.2) is 0 Å². The van der Waals surface area contributed by atoms with Crippen molar-refractivity contribution >= 4 is 11.9 Å². The summed E-state index contributed by atoms with van der Waals surface area (Å²) in [7, 11) is 2.09. The summed E-state index contributed by atoms with van der Waals surface area (Å²) >= 11 is 0. The van der Waals surface area contributed by atoms with Crippen molar-refractivity contribution in [2.24, 2.45) is 11.8 Å². The number of nitrogens with one attached hydrogen (secondary N) is 1. The fraction of sp³-hybridized carbons (Fsp3) is 0.696. The van der Waals surface area contributed by atoms with E-state index < -0.39 is 12.0 Å². The fourth-order valence-electron chi connectivity index (χ4n) is 3.15. The number of pyridine rings is 1. The van der Waals surface area contributed by atoms with Crippen LogP contribution in [0.5, 0.6) is 0 Å². The van der Waals surface area contributed by atoms with Gasteiger partial charge in [-0.25, -0.2) is 0 Å². The highest BCUT2D eigenvalue weighted by atomic mass is 16.4. The van der Waals surface area contributed by atoms with Crippen molar-refractivity contribution in [1.82, 2.24) is 14.8 Å². The Bertz CT molecular complexity index is 727. The quantitative estimate of drug-likeness (QED) is 0.482. The van der Waals surface area contributed by atoms with Crippen LogP contribution in [0.1, 0.15) is 65.0 Å². The molecule has 0 saturated heterocycles. The Hall–Kier alpha value is -2.15. The minimum Gasteiger partial charge on any atom is -0.481 e. The highest BCUT2D eigenvalue weighted by molar-refractivity contribution is 5.80. The third-order valence-electron chi connectivity index (χ3n) is 5.18. The summed E-state index contributed by atoms with van der Waals surface area (Å²) in [6, 6.07) is 2.89. The highest BCUT2D eigenvalue weighted by Crippen LogP contribution is 2.17. The maximum atomic E-state index is 12.7. The number of likely N-dealkylation sites (N-methyl/N-ethyl adjacent to an activating group) is 1. The van der Waals surface area contributed by atoms with Gasteiger partial charge in [0.1, 0.15) is 6.04 Å². The molecule has 1 aromatic rings. The van der Waals surface area contributed by atoms with Crippen LogP contribution >= 0.6 is 0 Å². The molecule has 0 saturated carbocycles. The molecule has 2 N–H and O–H groups in total. The topological polar surface area (TPSA) is 91.6 Å². The Morgan fingerprint density at radius 3 is 2.33 bits per heavy atom. The van der Waals surface area contributed by atoms with E-state index in [1.165, 1.54) is 4.57 Å². The van der Waals surface area contributed by atoms with Crippen LogP contribution in [0.3, 0.4) is 0 Å². The third-order valence-corrected chi connectivity index (χ3v) is 5.18. The molecule has 170 valence electrons. The number of hydrogen-bond donors (Lipinski definition) is 2. The molecule has 1 unspecified atom stereocenters. The summed E-state index contributed by atoms with van der Waals surface area (Å²) in [4.78, 5) is 38.4. The van der Waals surface area contributed by atoms with Crippen molar-refractivity contribution in [2.75, 3.05) is 26.7 Å². The lowest BCUT2D eigenvalue weighted by Gasteiger charge is -2.21. The number of nitrogens with zero attached hydrogens (tertiary/aromatic N) is 2. The maximum absolute atomic E-state index is 12.7. The van der Waals surface area contributed by atoms with Crippen LogP contribution < -0.4 is 10.9 Å². The van der Waals surface area contributed by atoms with Gasteiger partial charge in [-0.1, -0.05) is 27.7 Å². The van der Waals surface area contributed by atoms with E-state index in [1.54, 1.807) is 12.3 Å². The van der Waals surface area contributed by atoms with Crippen LogP contribution in [0.2, 0.25) is 0 Å². The summed E-state index contributed by atoms with van der Waals surface area (Å²) in [6.45, 7) is 10.5. The van der Waals surface area contributed by atoms with Crippen LogP contribution in [0.15, 0.2) is 23.1 Å². The van der Waals surface area contributed by atoms with Crippen LogP contribution in [-0.4, -0.2) is 53.1 Å². The lowest BCUT2D eigenvalue weighted by Crippen LogP contribution is -2.38. The smallest absolute Gasteiger partial charge is 0.305 e. The summed E-state index contributed by atoms with van der Waals surface area (Å²) in [6.07, 6.45) is 4.83. The van der Waals surface area contributed by atoms with Gasteiger partial charge in [0.25, 0.3) is 5.56 Å². The molecule has 0 bridgehead atoms. The molecule has 0 aliphatic heterocycles. The van der Waals surface area contributed by atoms with Gasteiger partial charge in [-0.2, -0.15) is 0 Å². The maximum Gasteiger partial charge on any atom is 0.305 e. The first-order chi connectivity index (χ1) is 14.1. The molecule has 1 atom stereocenters. The van der Waals surface area contributed by atoms with E-state index in [4.69, 9.17) is 5.11 Å². The Morgan fingerprint density at radius 1 is 1.10 bits per heavy atom. The number of carboxylic acids is 1. The van der Waals surface area contributed by atoms with E-state index in [9.17, 15) is 14.4 Å². The number of aliphatic carboxylic acids is 1. The molecule has 0 radical (unpaired) electrons. The average Bonchev–Trinajstić information content (AvgIpc) is 2.65. The number of rotatable bonds is 14. The molecule has 1 aromatic heterocycles. The van der Waals surface area contributed by atoms with E-state index in [2.05, 4.69) is 45.0 Å². The summed E-state index contributed by atoms with van der Waals surface area (Å²) in [5.74, 6) is -0.203. The average molecular weight is 422 g/mol. The normalized spacial score (nSPS) is 12.5. The molecule has 7 nitrogen and oxygen atoms in total. The van der Waals surface area contributed by atoms with Crippen molar-refractivity contribution in [3.8, 4) is 0 Å². The van der Waals surface area contributed by atoms with Gasteiger partial charge in [0.05, 0.1) is 6.42 Å². The third kappa shape index (κ3) is 10.1. The van der Waals surface area contributed by atoms with Gasteiger partial charge < -0.3 is 19.9 Å². The van der Waals surface area contributed by atoms with Gasteiger partial charge >= 0.3 is 5.97 Å². The monoisotopic (exact) mass is 421 g/mol. The molecular formula is C23H39N3O4. The largest absolute Gasteiger partial charge is 0.481 e. The van der Waals surface area contributed by atoms with E-state index >= 15 is 0 Å². The Kier molecular flexibility index (Phi) is 11.4. The van der Waals surface area contributed by atoms with Crippen LogP contribution in [-0.2, 0) is 16.0 Å². The number of hydrogen-bond acceptors (Lipinski definition) is 4. The van der Waals surface area contributed by atoms with Crippen LogP contribution in [0, 0.1) is 11.8 Å². The summed E-state index contributed by atoms with van der Waals surface area (Å²) in [5.41, 5.74) is 0.765. The van der Waals surface area contributed by atoms with Crippen molar-refractivity contribution in [1.29, 1.82) is 0 Å². The molecular weight excluding hydrogens is 382 g/mol. The van der Waals surface area contributed by atoms with Gasteiger partial charge in [-0.05, 0) is 62.7 Å². The molecule has 0 fully saturated rings. The molecule has 0 spiro atoms. The summed E-state index contributed by atoms with van der Waals surface area (Å²) < 4.78 is 1.48. The van der Waals surface area contributed by atoms with Crippen molar-refractivity contribution in [3.05, 3.63) is 34.2 Å². The van der Waals surface area contributed by atoms with Gasteiger partial charge in [-0.3, -0.25) is 14.4 Å². The standard InChI is InChI=1S/C23H39N3O4/c1-17(2)6-7-20(23(30)24-12-8-22(28)29)26-15-11-19(16-21(26)27)10-14-25(5)13-9-18(3)4/h11,15-18,20H,6-10,12-14H2,1-5H3,(H,24,30)(H,28,29). The van der Waals surface area contributed by atoms with Crippen molar-refractivity contribution in [2.45, 2.75) is 65.8 Å². The Labute approximate surface area is 180 Å². The molecule has 1 heterocycles. The second-order valence-electron chi connectivity index (χ2n) is 8.94. The van der Waals surface area contributed by atoms with Gasteiger partial charge in [-0.15, -0.1) is 0 Å². The van der Waals surface area contributed by atoms with E-state index in [0.29, 0.717) is 18.3 Å². The van der Waals surface area contributed by atoms with E-state index in [0.717, 1.165) is 37.9 Å². The lowest BCUT2D eigenvalue weighted by atomic mass is 10.0. The zero-order valence-corrected chi connectivity index (χ0v) is 19.2. The van der Waals surface area contributed by atoms with Crippen molar-refractivity contribution < 1.29 is 14.7 Å². The van der Waals surface area contributed by atoms with E-state index in [1.807, 2.05) is 6.07 Å². The predicted molar refractivity (Wildman–Crippen MR) is 120 cm³/mol. The minimum atomic E-state index is -0.964. The number of carbonyl (C=O) groups excluding carboxylic acids is 1. The summed E-state index contributed by atoms with van der Waals surface area (Å²) in [5, 5.41) is 11.4. The highest BCUT2D eigenvalue weighted by Gasteiger charge is 2.21. The predicted octanol–water partition coefficient (Wildman–Crippen LogP) is 2.94. The minimum absolute atomic E-state index is 0.0574. The number of carboxylic acid groups (broad SMARTS) is 1. The van der Waals surface area contributed by atoms with Gasteiger partial charge in [0, 0.05) is 25.4 Å². The van der Waals surface area contributed by atoms with Gasteiger partial charge in [0.2, 0.25) is 5.91 Å². The first kappa shape index (κ1) is 25.9. The fourth-order valence-corrected chi connectivity index (χ4v) is 3.15. The molecule has 0 aromatic carbocycles. The number of carbonyl (C=O) groups is 2. The lowest BCUT2D eigenvalue weighted by molar-refractivity contribution is -0.137. The molecule has 7 heteroatoms. The first-order valence-electron chi connectivity index (χ1n) is 11.0. The second kappa shape index (κ2) is 13.2. The number of aromatic nitrogens is 1. The van der Waals surface area contributed by atoms with E-state index in [-0.39, 0.29) is 24.4 Å². The molecule has 0 aliphatic rings. The Morgan fingerprint density at radius 2 is 1.77 bits per heavy atom. The second-order valence-corrected chi connectivity index (χ2v) is 8.94. The SMILES string of the molecule is CC(C)CCC(C(=O)NCCC(=O)O)n1ccc(CCN(C)CCC(C)C)cc1=O. The molecule has 30 heavy (non-hydrogen) atoms. The van der Waals surface area contributed by atoms with Crippen molar-refractivity contribution in [3.63, 3.8) is 0 Å². The zero-order valence-electron chi connectivity index (χ0n) is 19.2. The Balaban J connectivity index is 2.83.